The molecule has 116 valence electrons. The van der Waals surface area contributed by atoms with Crippen molar-refractivity contribution in [2.45, 2.75) is 13.5 Å². The van der Waals surface area contributed by atoms with Crippen LogP contribution in [0.25, 0.3) is 0 Å². The Hall–Kier alpha value is -2.56. The molecule has 1 aromatic carbocycles. The minimum Gasteiger partial charge on any atom is -0.492 e. The van der Waals surface area contributed by atoms with Gasteiger partial charge in [0.25, 0.3) is 0 Å². The molecule has 0 aliphatic heterocycles. The summed E-state index contributed by atoms with van der Waals surface area (Å²) in [5, 5.41) is 6.45. The molecule has 0 amide bonds. The highest BCUT2D eigenvalue weighted by atomic mass is 16.5. The molecule has 0 fully saturated rings. The molecule has 0 aliphatic carbocycles. The maximum Gasteiger partial charge on any atom is 0.191 e. The van der Waals surface area contributed by atoms with Crippen LogP contribution in [-0.2, 0) is 6.54 Å². The Balaban J connectivity index is 1.76. The summed E-state index contributed by atoms with van der Waals surface area (Å²) >= 11 is 0. The fourth-order valence-electron chi connectivity index (χ4n) is 1.85. The summed E-state index contributed by atoms with van der Waals surface area (Å²) in [5.74, 6) is 1.64. The molecule has 0 saturated carbocycles. The van der Waals surface area contributed by atoms with E-state index in [1.165, 1.54) is 0 Å². The third kappa shape index (κ3) is 5.83. The fraction of sp³-hybridized carbons (Fsp3) is 0.294. The van der Waals surface area contributed by atoms with Crippen molar-refractivity contribution < 1.29 is 4.74 Å². The molecule has 0 radical (unpaired) electrons. The molecule has 5 nitrogen and oxygen atoms in total. The van der Waals surface area contributed by atoms with Gasteiger partial charge in [0.05, 0.1) is 18.8 Å². The van der Waals surface area contributed by atoms with E-state index in [4.69, 9.17) is 4.74 Å². The lowest BCUT2D eigenvalue weighted by Gasteiger charge is -2.12. The van der Waals surface area contributed by atoms with Crippen molar-refractivity contribution >= 4 is 5.96 Å². The second-order valence-electron chi connectivity index (χ2n) is 4.60. The second kappa shape index (κ2) is 9.39. The van der Waals surface area contributed by atoms with Gasteiger partial charge >= 0.3 is 0 Å². The molecule has 0 saturated heterocycles. The number of pyridine rings is 1. The van der Waals surface area contributed by atoms with Crippen LogP contribution in [0.4, 0.5) is 0 Å². The third-order valence-electron chi connectivity index (χ3n) is 2.88. The van der Waals surface area contributed by atoms with Gasteiger partial charge in [0.15, 0.2) is 5.96 Å². The zero-order valence-corrected chi connectivity index (χ0v) is 12.8. The molecule has 2 rings (SSSR count). The first kappa shape index (κ1) is 15.8. The summed E-state index contributed by atoms with van der Waals surface area (Å²) in [5.41, 5.74) is 0.945. The Morgan fingerprint density at radius 2 is 1.91 bits per heavy atom. The Morgan fingerprint density at radius 1 is 1.09 bits per heavy atom. The predicted octanol–water partition coefficient (Wildman–Crippen LogP) is 2.22. The highest BCUT2D eigenvalue weighted by Gasteiger charge is 1.98. The Kier molecular flexibility index (Phi) is 6.75. The molecule has 5 heteroatoms. The van der Waals surface area contributed by atoms with E-state index in [9.17, 15) is 0 Å². The van der Waals surface area contributed by atoms with Gasteiger partial charge in [-0.1, -0.05) is 24.3 Å². The van der Waals surface area contributed by atoms with Crippen molar-refractivity contribution in [3.8, 4) is 5.75 Å². The summed E-state index contributed by atoms with van der Waals surface area (Å²) in [4.78, 5) is 8.76. The van der Waals surface area contributed by atoms with E-state index < -0.39 is 0 Å². The molecule has 0 bridgehead atoms. The van der Waals surface area contributed by atoms with Crippen molar-refractivity contribution in [3.05, 3.63) is 60.4 Å². The first-order valence-corrected chi connectivity index (χ1v) is 7.48. The molecular formula is C17H22N4O. The van der Waals surface area contributed by atoms with Gasteiger partial charge in [0.2, 0.25) is 0 Å². The van der Waals surface area contributed by atoms with Gasteiger partial charge in [0, 0.05) is 12.7 Å². The van der Waals surface area contributed by atoms with Crippen molar-refractivity contribution in [2.75, 3.05) is 19.7 Å². The molecule has 0 spiro atoms. The summed E-state index contributed by atoms with van der Waals surface area (Å²) in [6.45, 7) is 4.67. The number of aliphatic imine (C=N–C) groups is 1. The van der Waals surface area contributed by atoms with Gasteiger partial charge in [-0.15, -0.1) is 0 Å². The number of rotatable bonds is 7. The molecule has 0 unspecified atom stereocenters. The van der Waals surface area contributed by atoms with Gasteiger partial charge < -0.3 is 15.4 Å². The van der Waals surface area contributed by atoms with Crippen molar-refractivity contribution in [3.63, 3.8) is 0 Å². The third-order valence-corrected chi connectivity index (χ3v) is 2.88. The van der Waals surface area contributed by atoms with Crippen molar-refractivity contribution in [1.82, 2.24) is 15.6 Å². The van der Waals surface area contributed by atoms with Gasteiger partial charge in [-0.05, 0) is 31.2 Å². The van der Waals surface area contributed by atoms with Crippen LogP contribution in [0.1, 0.15) is 12.6 Å². The topological polar surface area (TPSA) is 58.5 Å². The number of nitrogens with zero attached hydrogens (tertiary/aromatic N) is 2. The molecule has 0 aliphatic rings. The number of benzene rings is 1. The number of guanidine groups is 1. The van der Waals surface area contributed by atoms with Crippen LogP contribution in [-0.4, -0.2) is 30.6 Å². The number of aromatic nitrogens is 1. The van der Waals surface area contributed by atoms with Gasteiger partial charge in [-0.25, -0.2) is 4.99 Å². The van der Waals surface area contributed by atoms with Gasteiger partial charge in [-0.2, -0.15) is 0 Å². The van der Waals surface area contributed by atoms with Crippen LogP contribution in [0.2, 0.25) is 0 Å². The van der Waals surface area contributed by atoms with E-state index in [1.807, 2.05) is 55.5 Å². The SMILES string of the molecule is CCNC(=NCc1ccccn1)NCCOc1ccccc1. The molecule has 0 atom stereocenters. The highest BCUT2D eigenvalue weighted by Crippen LogP contribution is 2.07. The zero-order chi connectivity index (χ0) is 15.5. The molecule has 2 N–H and O–H groups in total. The summed E-state index contributed by atoms with van der Waals surface area (Å²) < 4.78 is 5.64. The lowest BCUT2D eigenvalue weighted by Crippen LogP contribution is -2.39. The number of hydrogen-bond acceptors (Lipinski definition) is 3. The van der Waals surface area contributed by atoms with Gasteiger partial charge in [0.1, 0.15) is 12.4 Å². The molecule has 1 aromatic heterocycles. The number of para-hydroxylation sites is 1. The quantitative estimate of drug-likeness (QED) is 0.467. The average Bonchev–Trinajstić information content (AvgIpc) is 2.58. The maximum absolute atomic E-state index is 5.64. The summed E-state index contributed by atoms with van der Waals surface area (Å²) in [6, 6.07) is 15.6. The Labute approximate surface area is 131 Å². The van der Waals surface area contributed by atoms with E-state index >= 15 is 0 Å². The number of ether oxygens (including phenoxy) is 1. The first-order chi connectivity index (χ1) is 10.9. The van der Waals surface area contributed by atoms with Crippen LogP contribution < -0.4 is 15.4 Å². The summed E-state index contributed by atoms with van der Waals surface area (Å²) in [6.07, 6.45) is 1.78. The predicted molar refractivity (Wildman–Crippen MR) is 89.0 cm³/mol. The smallest absolute Gasteiger partial charge is 0.191 e. The minimum atomic E-state index is 0.551. The normalized spacial score (nSPS) is 11.0. The Bertz CT molecular complexity index is 557. The molecule has 2 aromatic rings. The van der Waals surface area contributed by atoms with E-state index in [0.29, 0.717) is 19.7 Å². The minimum absolute atomic E-state index is 0.551. The standard InChI is InChI=1S/C17H22N4O/c1-2-18-17(21-14-15-8-6-7-11-19-15)20-12-13-22-16-9-4-3-5-10-16/h3-11H,2,12-14H2,1H3,(H2,18,20,21). The lowest BCUT2D eigenvalue weighted by molar-refractivity contribution is 0.322. The Morgan fingerprint density at radius 3 is 2.64 bits per heavy atom. The maximum atomic E-state index is 5.64. The van der Waals surface area contributed by atoms with Crippen LogP contribution in [0.5, 0.6) is 5.75 Å². The molecule has 22 heavy (non-hydrogen) atoms. The monoisotopic (exact) mass is 298 g/mol. The zero-order valence-electron chi connectivity index (χ0n) is 12.8. The first-order valence-electron chi connectivity index (χ1n) is 7.48. The second-order valence-corrected chi connectivity index (χ2v) is 4.60. The van der Waals surface area contributed by atoms with E-state index in [-0.39, 0.29) is 0 Å². The number of nitrogens with one attached hydrogen (secondary N) is 2. The van der Waals surface area contributed by atoms with E-state index in [1.54, 1.807) is 6.20 Å². The van der Waals surface area contributed by atoms with Crippen LogP contribution in [0, 0.1) is 0 Å². The molecular weight excluding hydrogens is 276 g/mol. The van der Waals surface area contributed by atoms with Crippen molar-refractivity contribution in [2.24, 2.45) is 4.99 Å². The van der Waals surface area contributed by atoms with Crippen molar-refractivity contribution in [1.29, 1.82) is 0 Å². The van der Waals surface area contributed by atoms with Crippen LogP contribution >= 0.6 is 0 Å². The highest BCUT2D eigenvalue weighted by molar-refractivity contribution is 5.79. The van der Waals surface area contributed by atoms with Crippen LogP contribution in [0.3, 0.4) is 0 Å². The average molecular weight is 298 g/mol. The molecule has 1 heterocycles. The fourth-order valence-corrected chi connectivity index (χ4v) is 1.85. The lowest BCUT2D eigenvalue weighted by atomic mass is 10.3. The summed E-state index contributed by atoms with van der Waals surface area (Å²) in [7, 11) is 0. The van der Waals surface area contributed by atoms with Crippen LogP contribution in [0.15, 0.2) is 59.7 Å². The van der Waals surface area contributed by atoms with E-state index in [0.717, 1.165) is 23.9 Å². The largest absolute Gasteiger partial charge is 0.492 e. The van der Waals surface area contributed by atoms with Gasteiger partial charge in [-0.3, -0.25) is 4.98 Å². The van der Waals surface area contributed by atoms with E-state index in [2.05, 4.69) is 20.6 Å². The number of hydrogen-bond donors (Lipinski definition) is 2.